The molecule has 2 aromatic carbocycles. The molecule has 2 aromatic heterocycles. The molecule has 0 aliphatic heterocycles. The number of nitrogens with zero attached hydrogens (tertiary/aromatic N) is 3. The Morgan fingerprint density at radius 3 is 2.46 bits per heavy atom. The third-order valence-corrected chi connectivity index (χ3v) is 5.02. The minimum absolute atomic E-state index is 0.205. The minimum Gasteiger partial charge on any atom is -0.256 e. The van der Waals surface area contributed by atoms with Crippen LogP contribution in [0.15, 0.2) is 54.7 Å². The number of aryl methyl sites for hydroxylation is 3. The van der Waals surface area contributed by atoms with Crippen LogP contribution in [0.3, 0.4) is 0 Å². The van der Waals surface area contributed by atoms with Crippen molar-refractivity contribution in [3.8, 4) is 22.4 Å². The molecule has 4 heteroatoms. The van der Waals surface area contributed by atoms with Crippen molar-refractivity contribution in [2.24, 2.45) is 0 Å². The first-order chi connectivity index (χ1) is 13.6. The van der Waals surface area contributed by atoms with E-state index in [0.29, 0.717) is 5.56 Å². The van der Waals surface area contributed by atoms with Crippen LogP contribution in [0.4, 0.5) is 4.39 Å². The van der Waals surface area contributed by atoms with Crippen molar-refractivity contribution < 1.29 is 4.39 Å². The smallest absolute Gasteiger partial charge is 0.129 e. The van der Waals surface area contributed by atoms with E-state index in [4.69, 9.17) is 4.98 Å². The van der Waals surface area contributed by atoms with Crippen molar-refractivity contribution in [3.05, 3.63) is 77.6 Å². The maximum Gasteiger partial charge on any atom is 0.129 e. The van der Waals surface area contributed by atoms with Crippen molar-refractivity contribution in [2.75, 3.05) is 0 Å². The molecule has 0 amide bonds. The molecule has 0 bridgehead atoms. The number of hydrogen-bond acceptors (Lipinski definition) is 3. The van der Waals surface area contributed by atoms with Crippen LogP contribution in [0.2, 0.25) is 0 Å². The van der Waals surface area contributed by atoms with E-state index < -0.39 is 0 Å². The number of pyridine rings is 1. The molecule has 0 aliphatic carbocycles. The van der Waals surface area contributed by atoms with E-state index in [9.17, 15) is 4.39 Å². The van der Waals surface area contributed by atoms with Gasteiger partial charge in [0.2, 0.25) is 0 Å². The molecule has 2 heterocycles. The highest BCUT2D eigenvalue weighted by molar-refractivity contribution is 5.89. The molecule has 0 spiro atoms. The van der Waals surface area contributed by atoms with Crippen LogP contribution < -0.4 is 0 Å². The summed E-state index contributed by atoms with van der Waals surface area (Å²) in [7, 11) is 0. The van der Waals surface area contributed by atoms with Gasteiger partial charge < -0.3 is 0 Å². The molecule has 3 nitrogen and oxygen atoms in total. The van der Waals surface area contributed by atoms with Crippen LogP contribution in [0.5, 0.6) is 0 Å². The van der Waals surface area contributed by atoms with Crippen LogP contribution >= 0.6 is 0 Å². The summed E-state index contributed by atoms with van der Waals surface area (Å²) in [6.07, 6.45) is 3.45. The number of hydrogen-bond donors (Lipinski definition) is 0. The standard InChI is InChI=1S/C24H22FN3/c1-4-21-19-14-16(9-11-22(19)28-23(5-2)27-21)18-7-6-12-26-24(18)17-8-10-20(25)15(3)13-17/h6-14H,4-5H2,1-3H3. The maximum atomic E-state index is 13.7. The molecule has 0 N–H and O–H groups in total. The Balaban J connectivity index is 1.90. The van der Waals surface area contributed by atoms with Crippen molar-refractivity contribution in [3.63, 3.8) is 0 Å². The molecule has 0 saturated heterocycles. The number of benzene rings is 2. The van der Waals surface area contributed by atoms with Crippen LogP contribution in [0, 0.1) is 12.7 Å². The van der Waals surface area contributed by atoms with E-state index in [0.717, 1.165) is 57.6 Å². The average Bonchev–Trinajstić information content (AvgIpc) is 2.74. The van der Waals surface area contributed by atoms with Gasteiger partial charge in [0.15, 0.2) is 0 Å². The van der Waals surface area contributed by atoms with Gasteiger partial charge in [-0.2, -0.15) is 0 Å². The Labute approximate surface area is 164 Å². The van der Waals surface area contributed by atoms with Gasteiger partial charge in [0.1, 0.15) is 11.6 Å². The number of fused-ring (bicyclic) bond motifs is 1. The fourth-order valence-electron chi connectivity index (χ4n) is 3.50. The van der Waals surface area contributed by atoms with E-state index in [-0.39, 0.29) is 5.82 Å². The summed E-state index contributed by atoms with van der Waals surface area (Å²) in [5.74, 6) is 0.671. The largest absolute Gasteiger partial charge is 0.256 e. The van der Waals surface area contributed by atoms with Gasteiger partial charge in [0.25, 0.3) is 0 Å². The Morgan fingerprint density at radius 2 is 1.71 bits per heavy atom. The third kappa shape index (κ3) is 3.26. The van der Waals surface area contributed by atoms with Crippen molar-refractivity contribution in [2.45, 2.75) is 33.6 Å². The molecule has 140 valence electrons. The Bertz CT molecular complexity index is 1170. The highest BCUT2D eigenvalue weighted by Crippen LogP contribution is 2.33. The first-order valence-electron chi connectivity index (χ1n) is 9.62. The van der Waals surface area contributed by atoms with E-state index in [1.54, 1.807) is 19.2 Å². The summed E-state index contributed by atoms with van der Waals surface area (Å²) in [4.78, 5) is 14.0. The highest BCUT2D eigenvalue weighted by Gasteiger charge is 2.13. The summed E-state index contributed by atoms with van der Waals surface area (Å²) in [6.45, 7) is 5.96. The van der Waals surface area contributed by atoms with Crippen LogP contribution in [-0.4, -0.2) is 15.0 Å². The average molecular weight is 371 g/mol. The van der Waals surface area contributed by atoms with Gasteiger partial charge in [-0.3, -0.25) is 4.98 Å². The van der Waals surface area contributed by atoms with Gasteiger partial charge in [-0.15, -0.1) is 0 Å². The topological polar surface area (TPSA) is 38.7 Å². The third-order valence-electron chi connectivity index (χ3n) is 5.02. The lowest BCUT2D eigenvalue weighted by molar-refractivity contribution is 0.619. The van der Waals surface area contributed by atoms with Gasteiger partial charge >= 0.3 is 0 Å². The van der Waals surface area contributed by atoms with E-state index in [2.05, 4.69) is 48.1 Å². The van der Waals surface area contributed by atoms with E-state index in [1.807, 2.05) is 12.1 Å². The molecule has 0 aliphatic rings. The van der Waals surface area contributed by atoms with E-state index >= 15 is 0 Å². The first kappa shape index (κ1) is 18.2. The normalized spacial score (nSPS) is 11.1. The Kier molecular flexibility index (Phi) is 4.86. The zero-order chi connectivity index (χ0) is 19.7. The van der Waals surface area contributed by atoms with Crippen molar-refractivity contribution >= 4 is 10.9 Å². The molecule has 0 radical (unpaired) electrons. The van der Waals surface area contributed by atoms with Crippen LogP contribution in [-0.2, 0) is 12.8 Å². The van der Waals surface area contributed by atoms with Crippen LogP contribution in [0.25, 0.3) is 33.3 Å². The summed E-state index contributed by atoms with van der Waals surface area (Å²) in [6, 6.07) is 15.4. The number of halogens is 1. The van der Waals surface area contributed by atoms with Crippen LogP contribution in [0.1, 0.15) is 30.9 Å². The summed E-state index contributed by atoms with van der Waals surface area (Å²) < 4.78 is 13.7. The minimum atomic E-state index is -0.205. The van der Waals surface area contributed by atoms with Crippen molar-refractivity contribution in [1.82, 2.24) is 15.0 Å². The summed E-state index contributed by atoms with van der Waals surface area (Å²) in [5, 5.41) is 1.07. The zero-order valence-electron chi connectivity index (χ0n) is 16.3. The second-order valence-corrected chi connectivity index (χ2v) is 6.89. The summed E-state index contributed by atoms with van der Waals surface area (Å²) in [5.41, 5.74) is 6.46. The highest BCUT2D eigenvalue weighted by atomic mass is 19.1. The van der Waals surface area contributed by atoms with E-state index in [1.165, 1.54) is 6.07 Å². The predicted octanol–water partition coefficient (Wildman–Crippen LogP) is 5.93. The second kappa shape index (κ2) is 7.47. The van der Waals surface area contributed by atoms with Gasteiger partial charge in [-0.05, 0) is 60.9 Å². The molecule has 0 fully saturated rings. The van der Waals surface area contributed by atoms with Gasteiger partial charge in [0, 0.05) is 29.1 Å². The van der Waals surface area contributed by atoms with Crippen molar-refractivity contribution in [1.29, 1.82) is 0 Å². The molecular formula is C24H22FN3. The lowest BCUT2D eigenvalue weighted by atomic mass is 9.96. The lowest BCUT2D eigenvalue weighted by Crippen LogP contribution is -2.00. The SMILES string of the molecule is CCc1nc(CC)c2cc(-c3cccnc3-c3ccc(F)c(C)c3)ccc2n1. The summed E-state index contributed by atoms with van der Waals surface area (Å²) >= 11 is 0. The zero-order valence-corrected chi connectivity index (χ0v) is 16.3. The fraction of sp³-hybridized carbons (Fsp3) is 0.208. The molecule has 4 aromatic rings. The molecule has 4 rings (SSSR count). The van der Waals surface area contributed by atoms with Gasteiger partial charge in [-0.25, -0.2) is 14.4 Å². The molecule has 0 saturated carbocycles. The lowest BCUT2D eigenvalue weighted by Gasteiger charge is -2.12. The molecule has 0 unspecified atom stereocenters. The second-order valence-electron chi connectivity index (χ2n) is 6.89. The Hall–Kier alpha value is -3.14. The monoisotopic (exact) mass is 371 g/mol. The maximum absolute atomic E-state index is 13.7. The predicted molar refractivity (Wildman–Crippen MR) is 112 cm³/mol. The quantitative estimate of drug-likeness (QED) is 0.446. The van der Waals surface area contributed by atoms with Gasteiger partial charge in [0.05, 0.1) is 16.9 Å². The first-order valence-corrected chi connectivity index (χ1v) is 9.62. The number of rotatable bonds is 4. The molecule has 28 heavy (non-hydrogen) atoms. The number of aromatic nitrogens is 3. The van der Waals surface area contributed by atoms with Gasteiger partial charge in [-0.1, -0.05) is 26.0 Å². The molecular weight excluding hydrogens is 349 g/mol. The Morgan fingerprint density at radius 1 is 0.893 bits per heavy atom. The fourth-order valence-corrected chi connectivity index (χ4v) is 3.50. The molecule has 0 atom stereocenters.